The van der Waals surface area contributed by atoms with Crippen LogP contribution in [0.15, 0.2) is 91.5 Å². The first-order valence-electron chi connectivity index (χ1n) is 13.5. The van der Waals surface area contributed by atoms with Crippen LogP contribution in [0.5, 0.6) is 0 Å². The van der Waals surface area contributed by atoms with Crippen molar-refractivity contribution in [2.45, 2.75) is 52.0 Å². The summed E-state index contributed by atoms with van der Waals surface area (Å²) in [6.45, 7) is 7.28. The molecule has 0 aliphatic heterocycles. The Hall–Kier alpha value is -3.78. The molecule has 0 fully saturated rings. The average molecular weight is 471 g/mol. The van der Waals surface area contributed by atoms with E-state index in [1.165, 1.54) is 87.8 Å². The molecule has 2 nitrogen and oxygen atoms in total. The molecule has 0 radical (unpaired) electrons. The number of hydrogen-bond donors (Lipinski definition) is 0. The van der Waals surface area contributed by atoms with Crippen molar-refractivity contribution in [3.05, 3.63) is 97.1 Å². The summed E-state index contributed by atoms with van der Waals surface area (Å²) < 4.78 is 4.98. The van der Waals surface area contributed by atoms with Gasteiger partial charge in [0.25, 0.3) is 0 Å². The van der Waals surface area contributed by atoms with Crippen LogP contribution in [0, 0.1) is 0 Å². The normalized spacial score (nSPS) is 11.8. The van der Waals surface area contributed by atoms with Gasteiger partial charge in [0, 0.05) is 44.8 Å². The van der Waals surface area contributed by atoms with Crippen molar-refractivity contribution in [1.82, 2.24) is 9.13 Å². The summed E-state index contributed by atoms with van der Waals surface area (Å²) >= 11 is 0. The van der Waals surface area contributed by atoms with E-state index in [9.17, 15) is 0 Å². The van der Waals surface area contributed by atoms with Crippen molar-refractivity contribution in [3.8, 4) is 5.69 Å². The Kier molecular flexibility index (Phi) is 6.11. The van der Waals surface area contributed by atoms with E-state index in [1.807, 2.05) is 6.08 Å². The first kappa shape index (κ1) is 22.7. The summed E-state index contributed by atoms with van der Waals surface area (Å²) in [5.41, 5.74) is 7.53. The number of benzene rings is 4. The number of hydrogen-bond acceptors (Lipinski definition) is 0. The number of para-hydroxylation sites is 2. The lowest BCUT2D eigenvalue weighted by molar-refractivity contribution is 0.571. The molecule has 0 amide bonds. The van der Waals surface area contributed by atoms with Gasteiger partial charge in [0.05, 0.1) is 11.0 Å². The van der Waals surface area contributed by atoms with E-state index < -0.39 is 0 Å². The predicted octanol–water partition coefficient (Wildman–Crippen LogP) is 9.90. The molecule has 2 aromatic heterocycles. The van der Waals surface area contributed by atoms with Crippen molar-refractivity contribution >= 4 is 49.7 Å². The number of nitrogens with zero attached hydrogens (tertiary/aromatic N) is 2. The van der Waals surface area contributed by atoms with Gasteiger partial charge in [-0.05, 0) is 48.4 Å². The highest BCUT2D eigenvalue weighted by Gasteiger charge is 2.17. The maximum absolute atomic E-state index is 3.92. The minimum absolute atomic E-state index is 1.07. The molecule has 36 heavy (non-hydrogen) atoms. The van der Waals surface area contributed by atoms with E-state index >= 15 is 0 Å². The Morgan fingerprint density at radius 1 is 0.611 bits per heavy atom. The van der Waals surface area contributed by atoms with Gasteiger partial charge in [0.15, 0.2) is 0 Å². The Balaban J connectivity index is 1.54. The van der Waals surface area contributed by atoms with Gasteiger partial charge in [-0.1, -0.05) is 100 Å². The monoisotopic (exact) mass is 470 g/mol. The second-order valence-electron chi connectivity index (χ2n) is 9.97. The van der Waals surface area contributed by atoms with Crippen molar-refractivity contribution in [2.24, 2.45) is 0 Å². The van der Waals surface area contributed by atoms with Crippen molar-refractivity contribution in [3.63, 3.8) is 0 Å². The second-order valence-corrected chi connectivity index (χ2v) is 9.97. The van der Waals surface area contributed by atoms with Crippen LogP contribution in [-0.2, 0) is 6.54 Å². The van der Waals surface area contributed by atoms with Gasteiger partial charge in [0.2, 0.25) is 0 Å². The van der Waals surface area contributed by atoms with E-state index in [0.29, 0.717) is 0 Å². The summed E-state index contributed by atoms with van der Waals surface area (Å²) in [4.78, 5) is 0. The lowest BCUT2D eigenvalue weighted by atomic mass is 10.1. The van der Waals surface area contributed by atoms with E-state index in [-0.39, 0.29) is 0 Å². The van der Waals surface area contributed by atoms with Crippen LogP contribution in [0.25, 0.3) is 55.4 Å². The SMILES string of the molecule is C=Cc1ccc(-n2c3ccccc3c3cc4c(cc32)c2ccccc2n4CCCCCCCC)cc1. The standard InChI is InChI=1S/C34H34N2/c1-3-5-6-7-8-13-22-35-31-16-11-9-14-27(31)29-24-34-30(23-33(29)35)28-15-10-12-17-32(28)36(34)26-20-18-25(4-2)19-21-26/h4,9-12,14-21,23-24H,2-3,5-8,13,22H2,1H3. The Morgan fingerprint density at radius 2 is 1.22 bits per heavy atom. The average Bonchev–Trinajstić information content (AvgIpc) is 3.42. The fraction of sp³-hybridized carbons (Fsp3) is 0.235. The summed E-state index contributed by atoms with van der Waals surface area (Å²) in [6.07, 6.45) is 9.79. The van der Waals surface area contributed by atoms with E-state index in [2.05, 4.69) is 108 Å². The molecule has 0 N–H and O–H groups in total. The maximum atomic E-state index is 3.92. The fourth-order valence-corrected chi connectivity index (χ4v) is 5.84. The minimum atomic E-state index is 1.07. The zero-order chi connectivity index (χ0) is 24.5. The van der Waals surface area contributed by atoms with Gasteiger partial charge in [-0.3, -0.25) is 0 Å². The van der Waals surface area contributed by atoms with Crippen LogP contribution in [-0.4, -0.2) is 9.13 Å². The number of fused-ring (bicyclic) bond motifs is 6. The molecule has 2 heterocycles. The molecular weight excluding hydrogens is 436 g/mol. The van der Waals surface area contributed by atoms with Crippen LogP contribution in [0.2, 0.25) is 0 Å². The highest BCUT2D eigenvalue weighted by atomic mass is 15.0. The zero-order valence-electron chi connectivity index (χ0n) is 21.2. The Morgan fingerprint density at radius 3 is 1.97 bits per heavy atom. The van der Waals surface area contributed by atoms with Crippen LogP contribution in [0.1, 0.15) is 51.0 Å². The maximum Gasteiger partial charge on any atom is 0.0548 e. The zero-order valence-corrected chi connectivity index (χ0v) is 21.2. The molecule has 0 saturated carbocycles. The lowest BCUT2D eigenvalue weighted by Gasteiger charge is -2.09. The fourth-order valence-electron chi connectivity index (χ4n) is 5.84. The molecule has 0 aliphatic rings. The number of rotatable bonds is 9. The predicted molar refractivity (Wildman–Crippen MR) is 157 cm³/mol. The van der Waals surface area contributed by atoms with E-state index in [4.69, 9.17) is 0 Å². The third-order valence-corrected chi connectivity index (χ3v) is 7.69. The summed E-state index contributed by atoms with van der Waals surface area (Å²) in [5, 5.41) is 5.31. The van der Waals surface area contributed by atoms with Gasteiger partial charge in [-0.2, -0.15) is 0 Å². The highest BCUT2D eigenvalue weighted by molar-refractivity contribution is 6.18. The van der Waals surface area contributed by atoms with Crippen molar-refractivity contribution < 1.29 is 0 Å². The second kappa shape index (κ2) is 9.70. The third kappa shape index (κ3) is 3.82. The molecule has 180 valence electrons. The molecule has 0 saturated heterocycles. The van der Waals surface area contributed by atoms with Gasteiger partial charge < -0.3 is 9.13 Å². The molecule has 0 aliphatic carbocycles. The molecule has 6 aromatic rings. The topological polar surface area (TPSA) is 9.86 Å². The smallest absolute Gasteiger partial charge is 0.0548 e. The third-order valence-electron chi connectivity index (χ3n) is 7.69. The minimum Gasteiger partial charge on any atom is -0.340 e. The van der Waals surface area contributed by atoms with Crippen LogP contribution >= 0.6 is 0 Å². The van der Waals surface area contributed by atoms with Crippen molar-refractivity contribution in [1.29, 1.82) is 0 Å². The summed E-state index contributed by atoms with van der Waals surface area (Å²) in [7, 11) is 0. The van der Waals surface area contributed by atoms with Gasteiger partial charge in [-0.25, -0.2) is 0 Å². The summed E-state index contributed by atoms with van der Waals surface area (Å²) in [5.74, 6) is 0. The largest absolute Gasteiger partial charge is 0.340 e. The first-order valence-corrected chi connectivity index (χ1v) is 13.5. The van der Waals surface area contributed by atoms with Gasteiger partial charge in [-0.15, -0.1) is 0 Å². The first-order chi connectivity index (χ1) is 17.8. The van der Waals surface area contributed by atoms with Gasteiger partial charge in [0.1, 0.15) is 0 Å². The molecule has 0 unspecified atom stereocenters. The highest BCUT2D eigenvalue weighted by Crippen LogP contribution is 2.38. The van der Waals surface area contributed by atoms with E-state index in [0.717, 1.165) is 12.1 Å². The van der Waals surface area contributed by atoms with Crippen LogP contribution < -0.4 is 0 Å². The molecule has 2 heteroatoms. The Bertz CT molecular complexity index is 1680. The number of aryl methyl sites for hydroxylation is 1. The number of aromatic nitrogens is 2. The molecule has 0 spiro atoms. The molecular formula is C34H34N2. The van der Waals surface area contributed by atoms with Crippen LogP contribution in [0.3, 0.4) is 0 Å². The Labute approximate surface area is 213 Å². The van der Waals surface area contributed by atoms with Crippen molar-refractivity contribution in [2.75, 3.05) is 0 Å². The number of unbranched alkanes of at least 4 members (excludes halogenated alkanes) is 5. The lowest BCUT2D eigenvalue weighted by Crippen LogP contribution is -1.98. The molecule has 6 rings (SSSR count). The quantitative estimate of drug-likeness (QED) is 0.186. The molecule has 4 aromatic carbocycles. The van der Waals surface area contributed by atoms with Gasteiger partial charge >= 0.3 is 0 Å². The van der Waals surface area contributed by atoms with Crippen LogP contribution in [0.4, 0.5) is 0 Å². The molecule has 0 atom stereocenters. The van der Waals surface area contributed by atoms with E-state index in [1.54, 1.807) is 0 Å². The summed E-state index contributed by atoms with van der Waals surface area (Å²) in [6, 6.07) is 31.3. The molecule has 0 bridgehead atoms.